The first-order chi connectivity index (χ1) is 4.84. The highest BCUT2D eigenvalue weighted by molar-refractivity contribution is 9.10. The van der Waals surface area contributed by atoms with Crippen LogP contribution in [-0.2, 0) is 0 Å². The summed E-state index contributed by atoms with van der Waals surface area (Å²) in [6.45, 7) is 0. The summed E-state index contributed by atoms with van der Waals surface area (Å²) in [6, 6.07) is 8.28. The lowest BCUT2D eigenvalue weighted by Gasteiger charge is -2.02. The fourth-order valence-electron chi connectivity index (χ4n) is 0.677. The normalized spacial score (nSPS) is 9.40. The fourth-order valence-corrected chi connectivity index (χ4v) is 1.25. The Bertz CT molecular complexity index is 215. The molecule has 0 atom stereocenters. The molecule has 0 bridgehead atoms. The first-order valence-electron chi connectivity index (χ1n) is 2.89. The van der Waals surface area contributed by atoms with Gasteiger partial charge in [-0.1, -0.05) is 12.1 Å². The molecular formula is C7H7BrClN. The Kier molecular flexibility index (Phi) is 3.03. The lowest BCUT2D eigenvalue weighted by atomic mass is 10.3. The van der Waals surface area contributed by atoms with Crippen molar-refractivity contribution in [2.75, 3.05) is 11.3 Å². The van der Waals surface area contributed by atoms with E-state index in [9.17, 15) is 0 Å². The van der Waals surface area contributed by atoms with Gasteiger partial charge in [-0.15, -0.1) is 11.6 Å². The van der Waals surface area contributed by atoms with Gasteiger partial charge in [-0.05, 0) is 28.1 Å². The van der Waals surface area contributed by atoms with Crippen molar-refractivity contribution in [3.05, 3.63) is 28.7 Å². The van der Waals surface area contributed by atoms with Crippen LogP contribution >= 0.6 is 27.5 Å². The van der Waals surface area contributed by atoms with Gasteiger partial charge in [0.25, 0.3) is 0 Å². The maximum absolute atomic E-state index is 5.48. The molecule has 1 aromatic rings. The number of rotatable bonds is 2. The first kappa shape index (κ1) is 7.89. The van der Waals surface area contributed by atoms with E-state index in [0.717, 1.165) is 10.2 Å². The Labute approximate surface area is 73.5 Å². The molecule has 0 aliphatic carbocycles. The van der Waals surface area contributed by atoms with E-state index in [4.69, 9.17) is 11.6 Å². The highest BCUT2D eigenvalue weighted by Gasteiger charge is 1.93. The van der Waals surface area contributed by atoms with E-state index in [1.807, 2.05) is 24.3 Å². The van der Waals surface area contributed by atoms with Crippen LogP contribution < -0.4 is 5.32 Å². The second-order valence-corrected chi connectivity index (χ2v) is 2.91. The zero-order valence-corrected chi connectivity index (χ0v) is 7.61. The molecule has 0 amide bonds. The number of nitrogens with one attached hydrogen (secondary N) is 1. The Balaban J connectivity index is 2.81. The molecule has 0 fully saturated rings. The highest BCUT2D eigenvalue weighted by Crippen LogP contribution is 2.20. The van der Waals surface area contributed by atoms with E-state index in [2.05, 4.69) is 21.2 Å². The average molecular weight is 220 g/mol. The fraction of sp³-hybridized carbons (Fsp3) is 0.143. The molecule has 1 rings (SSSR count). The largest absolute Gasteiger partial charge is 0.371 e. The predicted molar refractivity (Wildman–Crippen MR) is 48.5 cm³/mol. The van der Waals surface area contributed by atoms with Crippen molar-refractivity contribution in [2.24, 2.45) is 0 Å². The van der Waals surface area contributed by atoms with E-state index in [1.165, 1.54) is 0 Å². The zero-order chi connectivity index (χ0) is 7.40. The summed E-state index contributed by atoms with van der Waals surface area (Å²) in [4.78, 5) is 0. The van der Waals surface area contributed by atoms with Crippen molar-refractivity contribution in [1.29, 1.82) is 0 Å². The third kappa shape index (κ3) is 1.89. The van der Waals surface area contributed by atoms with Crippen LogP contribution in [0, 0.1) is 0 Å². The lowest BCUT2D eigenvalue weighted by Crippen LogP contribution is -1.93. The summed E-state index contributed by atoms with van der Waals surface area (Å²) in [6.07, 6.45) is 0. The van der Waals surface area contributed by atoms with E-state index < -0.39 is 0 Å². The Morgan fingerprint density at radius 2 is 2.10 bits per heavy atom. The minimum Gasteiger partial charge on any atom is -0.371 e. The number of alkyl halides is 1. The summed E-state index contributed by atoms with van der Waals surface area (Å²) in [5.41, 5.74) is 1.03. The zero-order valence-electron chi connectivity index (χ0n) is 5.27. The van der Waals surface area contributed by atoms with Gasteiger partial charge in [-0.2, -0.15) is 0 Å². The number of hydrogen-bond acceptors (Lipinski definition) is 1. The second kappa shape index (κ2) is 3.84. The molecule has 1 N–H and O–H groups in total. The highest BCUT2D eigenvalue weighted by atomic mass is 79.9. The van der Waals surface area contributed by atoms with Gasteiger partial charge in [0, 0.05) is 10.2 Å². The van der Waals surface area contributed by atoms with Crippen LogP contribution in [0.1, 0.15) is 0 Å². The summed E-state index contributed by atoms with van der Waals surface area (Å²) in [5, 5.41) is 2.99. The van der Waals surface area contributed by atoms with Gasteiger partial charge in [0.05, 0.1) is 6.00 Å². The van der Waals surface area contributed by atoms with Crippen molar-refractivity contribution < 1.29 is 0 Å². The molecule has 0 saturated carbocycles. The van der Waals surface area contributed by atoms with Crippen LogP contribution in [0.3, 0.4) is 0 Å². The molecule has 0 unspecified atom stereocenters. The van der Waals surface area contributed by atoms with Crippen molar-refractivity contribution in [1.82, 2.24) is 0 Å². The van der Waals surface area contributed by atoms with E-state index in [-0.39, 0.29) is 0 Å². The average Bonchev–Trinajstić information content (AvgIpc) is 1.94. The van der Waals surface area contributed by atoms with Crippen LogP contribution in [0.5, 0.6) is 0 Å². The maximum Gasteiger partial charge on any atom is 0.0902 e. The Hall–Kier alpha value is -0.210. The molecule has 0 radical (unpaired) electrons. The van der Waals surface area contributed by atoms with Gasteiger partial charge in [-0.3, -0.25) is 0 Å². The van der Waals surface area contributed by atoms with E-state index in [0.29, 0.717) is 6.00 Å². The first-order valence-corrected chi connectivity index (χ1v) is 4.21. The molecule has 1 aromatic carbocycles. The minimum absolute atomic E-state index is 0.433. The number of benzene rings is 1. The quantitative estimate of drug-likeness (QED) is 0.597. The molecule has 3 heteroatoms. The van der Waals surface area contributed by atoms with Crippen molar-refractivity contribution in [3.63, 3.8) is 0 Å². The number of anilines is 1. The van der Waals surface area contributed by atoms with Gasteiger partial charge < -0.3 is 5.32 Å². The third-order valence-electron chi connectivity index (χ3n) is 1.13. The summed E-state index contributed by atoms with van der Waals surface area (Å²) in [7, 11) is 0. The molecule has 0 aromatic heterocycles. The van der Waals surface area contributed by atoms with Crippen molar-refractivity contribution >= 4 is 33.2 Å². The number of para-hydroxylation sites is 1. The second-order valence-electron chi connectivity index (χ2n) is 1.79. The smallest absolute Gasteiger partial charge is 0.0902 e. The molecule has 0 heterocycles. The number of hydrogen-bond donors (Lipinski definition) is 1. The van der Waals surface area contributed by atoms with E-state index in [1.54, 1.807) is 0 Å². The van der Waals surface area contributed by atoms with Crippen LogP contribution in [-0.4, -0.2) is 6.00 Å². The lowest BCUT2D eigenvalue weighted by molar-refractivity contribution is 1.43. The van der Waals surface area contributed by atoms with Gasteiger partial charge in [0.2, 0.25) is 0 Å². The van der Waals surface area contributed by atoms with Crippen molar-refractivity contribution in [2.45, 2.75) is 0 Å². The molecule has 0 aliphatic heterocycles. The third-order valence-corrected chi connectivity index (χ3v) is 1.96. The molecule has 1 nitrogen and oxygen atoms in total. The molecule has 54 valence electrons. The monoisotopic (exact) mass is 219 g/mol. The van der Waals surface area contributed by atoms with Crippen LogP contribution in [0.4, 0.5) is 5.69 Å². The molecule has 0 aliphatic rings. The maximum atomic E-state index is 5.48. The van der Waals surface area contributed by atoms with Crippen LogP contribution in [0.15, 0.2) is 28.7 Å². The molecule has 0 spiro atoms. The standard InChI is InChI=1S/C7H7BrClN/c8-6-3-1-2-4-7(6)10-5-9/h1-4,10H,5H2. The van der Waals surface area contributed by atoms with Gasteiger partial charge >= 0.3 is 0 Å². The Morgan fingerprint density at radius 3 is 2.70 bits per heavy atom. The van der Waals surface area contributed by atoms with Crippen LogP contribution in [0.2, 0.25) is 0 Å². The van der Waals surface area contributed by atoms with E-state index >= 15 is 0 Å². The van der Waals surface area contributed by atoms with Gasteiger partial charge in [0.15, 0.2) is 0 Å². The predicted octanol–water partition coefficient (Wildman–Crippen LogP) is 3.06. The SMILES string of the molecule is ClCNc1ccccc1Br. The van der Waals surface area contributed by atoms with Crippen LogP contribution in [0.25, 0.3) is 0 Å². The van der Waals surface area contributed by atoms with Crippen molar-refractivity contribution in [3.8, 4) is 0 Å². The topological polar surface area (TPSA) is 12.0 Å². The Morgan fingerprint density at radius 1 is 1.40 bits per heavy atom. The molecular weight excluding hydrogens is 213 g/mol. The number of halogens is 2. The summed E-state index contributed by atoms with van der Waals surface area (Å²) >= 11 is 8.85. The molecule has 10 heavy (non-hydrogen) atoms. The summed E-state index contributed by atoms with van der Waals surface area (Å²) < 4.78 is 1.04. The van der Waals surface area contributed by atoms with Gasteiger partial charge in [-0.25, -0.2) is 0 Å². The molecule has 0 saturated heterocycles. The minimum atomic E-state index is 0.433. The van der Waals surface area contributed by atoms with Gasteiger partial charge in [0.1, 0.15) is 0 Å². The summed E-state index contributed by atoms with van der Waals surface area (Å²) in [5.74, 6) is 0.